The topological polar surface area (TPSA) is 50.9 Å². The average molecular weight is 326 g/mol. The number of benzene rings is 1. The minimum atomic E-state index is -0.306. The highest BCUT2D eigenvalue weighted by Crippen LogP contribution is 2.34. The van der Waals surface area contributed by atoms with Crippen molar-refractivity contribution in [3.63, 3.8) is 0 Å². The molecule has 0 radical (unpaired) electrons. The van der Waals surface area contributed by atoms with Gasteiger partial charge in [0.1, 0.15) is 5.82 Å². The molecule has 1 aromatic heterocycles. The lowest BCUT2D eigenvalue weighted by Crippen LogP contribution is -2.10. The predicted molar refractivity (Wildman–Crippen MR) is 80.5 cm³/mol. The quantitative estimate of drug-likeness (QED) is 0.664. The first-order chi connectivity index (χ1) is 8.93. The van der Waals surface area contributed by atoms with Gasteiger partial charge in [-0.1, -0.05) is 13.8 Å². The maximum Gasteiger partial charge on any atom is 0.138 e. The highest BCUT2D eigenvalue weighted by molar-refractivity contribution is 9.10. The number of nitrogens with zero attached hydrogens (tertiary/aromatic N) is 1. The van der Waals surface area contributed by atoms with Crippen molar-refractivity contribution in [3.05, 3.63) is 33.7 Å². The zero-order valence-electron chi connectivity index (χ0n) is 11.2. The number of fused-ring (bicyclic) bond motifs is 1. The standard InChI is InChI=1S/C14H17BrFN3/c1-7(2)4-9-6-11(19-17)12-13(15)10(16)5-8(3)14(12)18-9/h5-7H,4,17H2,1-3H3,(H,18,19). The van der Waals surface area contributed by atoms with Crippen LogP contribution in [0.5, 0.6) is 0 Å². The summed E-state index contributed by atoms with van der Waals surface area (Å²) in [6.07, 6.45) is 0.860. The minimum absolute atomic E-state index is 0.306. The third-order valence-corrected chi connectivity index (χ3v) is 3.77. The lowest BCUT2D eigenvalue weighted by atomic mass is 10.0. The number of pyridine rings is 1. The second-order valence-corrected chi connectivity index (χ2v) is 5.91. The maximum absolute atomic E-state index is 13.8. The molecule has 1 heterocycles. The molecule has 102 valence electrons. The van der Waals surface area contributed by atoms with Crippen LogP contribution < -0.4 is 11.3 Å². The van der Waals surface area contributed by atoms with Crippen LogP contribution in [0, 0.1) is 18.7 Å². The SMILES string of the molecule is Cc1cc(F)c(Br)c2c(NN)cc(CC(C)C)nc12. The Morgan fingerprint density at radius 3 is 2.68 bits per heavy atom. The Hall–Kier alpha value is -1.20. The van der Waals surface area contributed by atoms with Crippen LogP contribution in [0.3, 0.4) is 0 Å². The number of hydrogen-bond donors (Lipinski definition) is 2. The van der Waals surface area contributed by atoms with Gasteiger partial charge in [-0.05, 0) is 52.9 Å². The van der Waals surface area contributed by atoms with Gasteiger partial charge < -0.3 is 5.43 Å². The Morgan fingerprint density at radius 1 is 1.42 bits per heavy atom. The van der Waals surface area contributed by atoms with E-state index in [1.807, 2.05) is 13.0 Å². The maximum atomic E-state index is 13.8. The van der Waals surface area contributed by atoms with E-state index in [1.54, 1.807) is 0 Å². The van der Waals surface area contributed by atoms with Gasteiger partial charge in [0.05, 0.1) is 15.7 Å². The second-order valence-electron chi connectivity index (χ2n) is 5.12. The molecule has 0 unspecified atom stereocenters. The fraction of sp³-hybridized carbons (Fsp3) is 0.357. The number of aryl methyl sites for hydroxylation is 1. The Balaban J connectivity index is 2.77. The molecule has 2 rings (SSSR count). The summed E-state index contributed by atoms with van der Waals surface area (Å²) in [5.74, 6) is 5.76. The van der Waals surface area contributed by atoms with Crippen LogP contribution in [0.4, 0.5) is 10.1 Å². The van der Waals surface area contributed by atoms with E-state index in [4.69, 9.17) is 5.84 Å². The minimum Gasteiger partial charge on any atom is -0.323 e. The van der Waals surface area contributed by atoms with Gasteiger partial charge in [-0.2, -0.15) is 0 Å². The number of nitrogens with one attached hydrogen (secondary N) is 1. The van der Waals surface area contributed by atoms with Crippen molar-refractivity contribution >= 4 is 32.5 Å². The van der Waals surface area contributed by atoms with Crippen molar-refractivity contribution in [2.24, 2.45) is 11.8 Å². The molecule has 0 saturated carbocycles. The van der Waals surface area contributed by atoms with Gasteiger partial charge in [0.2, 0.25) is 0 Å². The third kappa shape index (κ3) is 2.72. The molecular formula is C14H17BrFN3. The van der Waals surface area contributed by atoms with E-state index in [-0.39, 0.29) is 5.82 Å². The van der Waals surface area contributed by atoms with Gasteiger partial charge in [0.25, 0.3) is 0 Å². The lowest BCUT2D eigenvalue weighted by molar-refractivity contribution is 0.621. The number of anilines is 1. The first kappa shape index (κ1) is 14.2. The summed E-state index contributed by atoms with van der Waals surface area (Å²) < 4.78 is 14.2. The van der Waals surface area contributed by atoms with Crippen molar-refractivity contribution in [3.8, 4) is 0 Å². The molecule has 0 aliphatic rings. The highest BCUT2D eigenvalue weighted by atomic mass is 79.9. The molecular weight excluding hydrogens is 309 g/mol. The van der Waals surface area contributed by atoms with Gasteiger partial charge in [-0.15, -0.1) is 0 Å². The first-order valence-electron chi connectivity index (χ1n) is 6.19. The molecule has 0 spiro atoms. The van der Waals surface area contributed by atoms with Gasteiger partial charge in [0.15, 0.2) is 0 Å². The van der Waals surface area contributed by atoms with Gasteiger partial charge >= 0.3 is 0 Å². The Morgan fingerprint density at radius 2 is 2.11 bits per heavy atom. The van der Waals surface area contributed by atoms with Crippen LogP contribution in [-0.4, -0.2) is 4.98 Å². The van der Waals surface area contributed by atoms with Crippen LogP contribution in [0.2, 0.25) is 0 Å². The molecule has 2 aromatic rings. The zero-order chi connectivity index (χ0) is 14.2. The van der Waals surface area contributed by atoms with E-state index in [0.29, 0.717) is 21.5 Å². The lowest BCUT2D eigenvalue weighted by Gasteiger charge is -2.13. The van der Waals surface area contributed by atoms with Crippen molar-refractivity contribution in [2.45, 2.75) is 27.2 Å². The number of hydrogen-bond acceptors (Lipinski definition) is 3. The summed E-state index contributed by atoms with van der Waals surface area (Å²) in [5, 5.41) is 0.688. The normalized spacial score (nSPS) is 11.3. The number of hydrazine groups is 1. The average Bonchev–Trinajstić information content (AvgIpc) is 2.34. The Kier molecular flexibility index (Phi) is 4.06. The third-order valence-electron chi connectivity index (χ3n) is 2.99. The first-order valence-corrected chi connectivity index (χ1v) is 6.98. The van der Waals surface area contributed by atoms with E-state index >= 15 is 0 Å². The molecule has 3 nitrogen and oxygen atoms in total. The molecule has 1 aromatic carbocycles. The van der Waals surface area contributed by atoms with E-state index in [2.05, 4.69) is 40.2 Å². The molecule has 5 heteroatoms. The van der Waals surface area contributed by atoms with Crippen LogP contribution >= 0.6 is 15.9 Å². The summed E-state index contributed by atoms with van der Waals surface area (Å²) in [4.78, 5) is 4.63. The van der Waals surface area contributed by atoms with Crippen LogP contribution in [0.25, 0.3) is 10.9 Å². The van der Waals surface area contributed by atoms with Gasteiger partial charge in [-0.25, -0.2) is 4.39 Å². The summed E-state index contributed by atoms with van der Waals surface area (Å²) in [7, 11) is 0. The summed E-state index contributed by atoms with van der Waals surface area (Å²) in [5.41, 5.74) is 5.87. The zero-order valence-corrected chi connectivity index (χ0v) is 12.8. The van der Waals surface area contributed by atoms with Crippen molar-refractivity contribution in [1.82, 2.24) is 4.98 Å². The van der Waals surface area contributed by atoms with Crippen LogP contribution in [0.15, 0.2) is 16.6 Å². The molecule has 0 aliphatic heterocycles. The summed E-state index contributed by atoms with van der Waals surface area (Å²) >= 11 is 3.27. The van der Waals surface area contributed by atoms with Crippen molar-refractivity contribution in [2.75, 3.05) is 5.43 Å². The number of halogens is 2. The molecule has 0 bridgehead atoms. The smallest absolute Gasteiger partial charge is 0.138 e. The van der Waals surface area contributed by atoms with E-state index in [1.165, 1.54) is 6.07 Å². The Labute approximate surface area is 120 Å². The summed E-state index contributed by atoms with van der Waals surface area (Å²) in [6.45, 7) is 6.12. The number of nitrogen functional groups attached to an aromatic ring is 1. The van der Waals surface area contributed by atoms with E-state index in [9.17, 15) is 4.39 Å². The summed E-state index contributed by atoms with van der Waals surface area (Å²) in [6, 6.07) is 3.37. The van der Waals surface area contributed by atoms with Gasteiger partial charge in [0, 0.05) is 11.1 Å². The predicted octanol–water partition coefficient (Wildman–Crippen LogP) is 3.93. The van der Waals surface area contributed by atoms with E-state index in [0.717, 1.165) is 23.2 Å². The van der Waals surface area contributed by atoms with Crippen molar-refractivity contribution in [1.29, 1.82) is 0 Å². The van der Waals surface area contributed by atoms with Gasteiger partial charge in [-0.3, -0.25) is 10.8 Å². The molecule has 0 atom stereocenters. The van der Waals surface area contributed by atoms with E-state index < -0.39 is 0 Å². The molecule has 19 heavy (non-hydrogen) atoms. The molecule has 3 N–H and O–H groups in total. The molecule has 0 aliphatic carbocycles. The van der Waals surface area contributed by atoms with Crippen molar-refractivity contribution < 1.29 is 4.39 Å². The van der Waals surface area contributed by atoms with Crippen LogP contribution in [0.1, 0.15) is 25.1 Å². The fourth-order valence-corrected chi connectivity index (χ4v) is 2.70. The number of nitrogens with two attached hydrogens (primary N) is 1. The number of aromatic nitrogens is 1. The second kappa shape index (κ2) is 5.43. The molecule has 0 amide bonds. The fourth-order valence-electron chi connectivity index (χ4n) is 2.18. The van der Waals surface area contributed by atoms with Crippen LogP contribution in [-0.2, 0) is 6.42 Å². The number of rotatable bonds is 3. The Bertz CT molecular complexity index is 626. The molecule has 0 fully saturated rings. The molecule has 0 saturated heterocycles. The highest BCUT2D eigenvalue weighted by Gasteiger charge is 2.15. The largest absolute Gasteiger partial charge is 0.323 e. The monoisotopic (exact) mass is 325 g/mol.